The number of hydrazone groups is 1. The Bertz CT molecular complexity index is 1000. The number of ether oxygens (including phenoxy) is 2. The van der Waals surface area contributed by atoms with Gasteiger partial charge in [-0.1, -0.05) is 18.2 Å². The molecule has 7 heteroatoms. The van der Waals surface area contributed by atoms with Gasteiger partial charge in [0.2, 0.25) is 5.88 Å². The molecule has 2 aromatic heterocycles. The first-order valence-corrected chi connectivity index (χ1v) is 10.5. The Morgan fingerprint density at radius 3 is 2.84 bits per heavy atom. The summed E-state index contributed by atoms with van der Waals surface area (Å²) in [5, 5.41) is 4.36. The van der Waals surface area contributed by atoms with Crippen molar-refractivity contribution in [1.82, 2.24) is 9.97 Å². The molecule has 31 heavy (non-hydrogen) atoms. The maximum Gasteiger partial charge on any atom is 0.215 e. The number of benzene rings is 1. The second-order valence-electron chi connectivity index (χ2n) is 7.35. The van der Waals surface area contributed by atoms with Gasteiger partial charge in [-0.15, -0.1) is 0 Å². The molecule has 160 valence electrons. The van der Waals surface area contributed by atoms with E-state index < -0.39 is 0 Å². The number of aromatic nitrogens is 2. The van der Waals surface area contributed by atoms with Crippen LogP contribution in [0.5, 0.6) is 5.88 Å². The van der Waals surface area contributed by atoms with Crippen LogP contribution in [0.25, 0.3) is 0 Å². The lowest BCUT2D eigenvalue weighted by Gasteiger charge is -2.29. The number of pyridine rings is 2. The van der Waals surface area contributed by atoms with Gasteiger partial charge >= 0.3 is 0 Å². The van der Waals surface area contributed by atoms with E-state index in [0.29, 0.717) is 12.5 Å². The quantitative estimate of drug-likeness (QED) is 0.445. The molecule has 0 aliphatic carbocycles. The van der Waals surface area contributed by atoms with E-state index in [9.17, 15) is 0 Å². The molecule has 0 atom stereocenters. The molecule has 3 aromatic rings. The molecular weight excluding hydrogens is 390 g/mol. The van der Waals surface area contributed by atoms with E-state index in [1.807, 2.05) is 48.5 Å². The molecular formula is C24H27N5O2. The molecule has 0 saturated carbocycles. The van der Waals surface area contributed by atoms with Gasteiger partial charge in [0.15, 0.2) is 0 Å². The third-order valence-electron chi connectivity index (χ3n) is 4.93. The highest BCUT2D eigenvalue weighted by Gasteiger charge is 2.14. The van der Waals surface area contributed by atoms with Crippen molar-refractivity contribution in [2.24, 2.45) is 5.10 Å². The van der Waals surface area contributed by atoms with Crippen molar-refractivity contribution < 1.29 is 9.47 Å². The molecule has 1 aliphatic rings. The van der Waals surface area contributed by atoms with Crippen molar-refractivity contribution in [2.45, 2.75) is 13.3 Å². The Hall–Kier alpha value is -3.45. The highest BCUT2D eigenvalue weighted by molar-refractivity contribution is 5.80. The van der Waals surface area contributed by atoms with Gasteiger partial charge < -0.3 is 14.4 Å². The summed E-state index contributed by atoms with van der Waals surface area (Å²) in [5.74, 6) is 0.580. The maximum atomic E-state index is 5.97. The van der Waals surface area contributed by atoms with Crippen molar-refractivity contribution in [3.8, 4) is 5.88 Å². The fourth-order valence-corrected chi connectivity index (χ4v) is 3.35. The first-order chi connectivity index (χ1) is 15.3. The highest BCUT2D eigenvalue weighted by Crippen LogP contribution is 2.22. The molecule has 1 N–H and O–H groups in total. The van der Waals surface area contributed by atoms with Crippen molar-refractivity contribution >= 4 is 17.6 Å². The molecule has 1 saturated heterocycles. The molecule has 4 rings (SSSR count). The lowest BCUT2D eigenvalue weighted by molar-refractivity contribution is 0.122. The third kappa shape index (κ3) is 6.26. The lowest BCUT2D eigenvalue weighted by atomic mass is 10.2. The summed E-state index contributed by atoms with van der Waals surface area (Å²) in [6.45, 7) is 5.68. The molecule has 0 bridgehead atoms. The summed E-state index contributed by atoms with van der Waals surface area (Å²) in [6.07, 6.45) is 4.24. The van der Waals surface area contributed by atoms with Gasteiger partial charge in [0, 0.05) is 43.2 Å². The Morgan fingerprint density at radius 1 is 1.13 bits per heavy atom. The molecule has 1 fully saturated rings. The van der Waals surface area contributed by atoms with Crippen LogP contribution in [0.15, 0.2) is 65.9 Å². The van der Waals surface area contributed by atoms with Gasteiger partial charge in [0.05, 0.1) is 37.4 Å². The van der Waals surface area contributed by atoms with Crippen molar-refractivity contribution in [1.29, 1.82) is 0 Å². The van der Waals surface area contributed by atoms with Crippen molar-refractivity contribution in [3.05, 3.63) is 77.7 Å². The van der Waals surface area contributed by atoms with E-state index in [-0.39, 0.29) is 0 Å². The van der Waals surface area contributed by atoms with Crippen LogP contribution < -0.4 is 15.1 Å². The summed E-state index contributed by atoms with van der Waals surface area (Å²) in [4.78, 5) is 11.2. The molecule has 1 aliphatic heterocycles. The molecule has 0 unspecified atom stereocenters. The number of nitrogens with one attached hydrogen (secondary N) is 1. The average molecular weight is 418 g/mol. The monoisotopic (exact) mass is 417 g/mol. The minimum absolute atomic E-state index is 0.509. The van der Waals surface area contributed by atoms with Gasteiger partial charge in [0.1, 0.15) is 0 Å². The normalized spacial score (nSPS) is 14.0. The Balaban J connectivity index is 1.47. The minimum atomic E-state index is 0.509. The predicted molar refractivity (Wildman–Crippen MR) is 123 cm³/mol. The molecule has 0 radical (unpaired) electrons. The van der Waals surface area contributed by atoms with Crippen LogP contribution in [0.1, 0.15) is 17.0 Å². The zero-order valence-electron chi connectivity index (χ0n) is 17.7. The van der Waals surface area contributed by atoms with Crippen LogP contribution in [0.4, 0.5) is 11.4 Å². The van der Waals surface area contributed by atoms with E-state index in [1.54, 1.807) is 12.4 Å². The third-order valence-corrected chi connectivity index (χ3v) is 4.93. The first kappa shape index (κ1) is 20.8. The number of anilines is 2. The van der Waals surface area contributed by atoms with Gasteiger partial charge in [0.25, 0.3) is 0 Å². The van der Waals surface area contributed by atoms with Gasteiger partial charge in [-0.2, -0.15) is 5.10 Å². The maximum absolute atomic E-state index is 5.97. The molecule has 0 amide bonds. The summed E-state index contributed by atoms with van der Waals surface area (Å²) < 4.78 is 11.5. The molecule has 1 aromatic carbocycles. The molecule has 0 spiro atoms. The largest absolute Gasteiger partial charge is 0.477 e. The van der Waals surface area contributed by atoms with Crippen LogP contribution in [-0.4, -0.2) is 49.1 Å². The number of rotatable bonds is 8. The highest BCUT2D eigenvalue weighted by atomic mass is 16.5. The van der Waals surface area contributed by atoms with E-state index in [2.05, 4.69) is 38.4 Å². The van der Waals surface area contributed by atoms with Gasteiger partial charge in [-0.05, 0) is 42.8 Å². The zero-order valence-corrected chi connectivity index (χ0v) is 17.7. The van der Waals surface area contributed by atoms with E-state index >= 15 is 0 Å². The summed E-state index contributed by atoms with van der Waals surface area (Å²) >= 11 is 0. The van der Waals surface area contributed by atoms with E-state index in [4.69, 9.17) is 9.47 Å². The van der Waals surface area contributed by atoms with Gasteiger partial charge in [-0.25, -0.2) is 4.98 Å². The van der Waals surface area contributed by atoms with Crippen LogP contribution >= 0.6 is 0 Å². The molecule has 7 nitrogen and oxygen atoms in total. The fourth-order valence-electron chi connectivity index (χ4n) is 3.35. The van der Waals surface area contributed by atoms with Crippen LogP contribution in [0, 0.1) is 6.92 Å². The SMILES string of the molecule is Cc1cccc(NN=Cc2cc(N3CCOCC3)cc(OCCc3ccccn3)n2)c1. The lowest BCUT2D eigenvalue weighted by Crippen LogP contribution is -2.36. The number of hydrogen-bond donors (Lipinski definition) is 1. The van der Waals surface area contributed by atoms with Crippen molar-refractivity contribution in [3.63, 3.8) is 0 Å². The number of hydrogen-bond acceptors (Lipinski definition) is 7. The fraction of sp³-hybridized carbons (Fsp3) is 0.292. The van der Waals surface area contributed by atoms with Crippen LogP contribution in [0.2, 0.25) is 0 Å². The summed E-state index contributed by atoms with van der Waals surface area (Å²) in [7, 11) is 0. The Morgan fingerprint density at radius 2 is 2.03 bits per heavy atom. The van der Waals surface area contributed by atoms with E-state index in [0.717, 1.165) is 55.5 Å². The number of morpholine rings is 1. The van der Waals surface area contributed by atoms with E-state index in [1.165, 1.54) is 5.56 Å². The predicted octanol–water partition coefficient (Wildman–Crippen LogP) is 3.69. The van der Waals surface area contributed by atoms with Crippen LogP contribution in [0.3, 0.4) is 0 Å². The summed E-state index contributed by atoms with van der Waals surface area (Å²) in [5.41, 5.74) is 7.97. The second-order valence-corrected chi connectivity index (χ2v) is 7.35. The van der Waals surface area contributed by atoms with Crippen molar-refractivity contribution in [2.75, 3.05) is 43.2 Å². The standard InChI is InChI=1S/C24H27N5O2/c1-19-5-4-7-21(15-19)28-26-18-22-16-23(29-10-13-30-14-11-29)17-24(27-22)31-12-8-20-6-2-3-9-25-20/h2-7,9,15-18,28H,8,10-14H2,1H3. The number of nitrogens with zero attached hydrogens (tertiary/aromatic N) is 4. The Labute approximate surface area is 182 Å². The van der Waals surface area contributed by atoms with Gasteiger partial charge in [-0.3, -0.25) is 10.4 Å². The molecule has 3 heterocycles. The topological polar surface area (TPSA) is 71.9 Å². The smallest absolute Gasteiger partial charge is 0.215 e. The average Bonchev–Trinajstić information content (AvgIpc) is 2.80. The minimum Gasteiger partial charge on any atom is -0.477 e. The first-order valence-electron chi connectivity index (χ1n) is 10.5. The zero-order chi connectivity index (χ0) is 21.3. The second kappa shape index (κ2) is 10.5. The Kier molecular flexibility index (Phi) is 7.08. The number of aryl methyl sites for hydroxylation is 1. The van der Waals surface area contributed by atoms with Crippen LogP contribution in [-0.2, 0) is 11.2 Å². The summed E-state index contributed by atoms with van der Waals surface area (Å²) in [6, 6.07) is 18.0.